The largest absolute Gasteiger partial charge is 0.483 e. The van der Waals surface area contributed by atoms with E-state index in [1.165, 1.54) is 11.1 Å². The minimum Gasteiger partial charge on any atom is -0.483 e. The third-order valence-electron chi connectivity index (χ3n) is 4.50. The topological polar surface area (TPSA) is 48.3 Å². The maximum atomic E-state index is 6.03. The number of rotatable bonds is 4. The van der Waals surface area contributed by atoms with Crippen LogP contribution in [0.5, 0.6) is 5.75 Å². The fourth-order valence-electron chi connectivity index (χ4n) is 3.42. The molecule has 0 unspecified atom stereocenters. The zero-order chi connectivity index (χ0) is 14.9. The van der Waals surface area contributed by atoms with Gasteiger partial charge in [0, 0.05) is 13.1 Å². The van der Waals surface area contributed by atoms with Crippen molar-refractivity contribution in [3.8, 4) is 5.75 Å². The van der Waals surface area contributed by atoms with E-state index in [4.69, 9.17) is 9.47 Å². The zero-order valence-corrected chi connectivity index (χ0v) is 12.7. The number of hydrogen-bond donors (Lipinski definition) is 1. The molecule has 0 saturated carbocycles. The molecule has 5 nitrogen and oxygen atoms in total. The molecular weight excluding hydrogens is 278 g/mol. The lowest BCUT2D eigenvalue weighted by molar-refractivity contribution is 0.138. The molecule has 2 heterocycles. The van der Waals surface area contributed by atoms with E-state index in [0.717, 1.165) is 18.6 Å². The fraction of sp³-hybridized carbons (Fsp3) is 0.471. The van der Waals surface area contributed by atoms with Crippen molar-refractivity contribution in [2.45, 2.75) is 31.0 Å². The summed E-state index contributed by atoms with van der Waals surface area (Å²) in [5.41, 5.74) is 2.92. The Kier molecular flexibility index (Phi) is 3.60. The van der Waals surface area contributed by atoms with Crippen LogP contribution in [0.3, 0.4) is 0 Å². The van der Waals surface area contributed by atoms with Crippen LogP contribution in [0.25, 0.3) is 0 Å². The molecule has 1 saturated heterocycles. The highest BCUT2D eigenvalue weighted by atomic mass is 16.5. The quantitative estimate of drug-likeness (QED) is 0.925. The Balaban J connectivity index is 1.38. The molecule has 1 aromatic heterocycles. The Labute approximate surface area is 130 Å². The fourth-order valence-corrected chi connectivity index (χ4v) is 3.42. The van der Waals surface area contributed by atoms with Gasteiger partial charge in [-0.3, -0.25) is 4.68 Å². The average molecular weight is 299 g/mol. The highest BCUT2D eigenvalue weighted by molar-refractivity contribution is 5.33. The number of hydrogen-bond acceptors (Lipinski definition) is 4. The van der Waals surface area contributed by atoms with Gasteiger partial charge in [-0.2, -0.15) is 5.10 Å². The molecule has 0 amide bonds. The molecule has 0 radical (unpaired) electrons. The number of nitrogens with one attached hydrogen (secondary N) is 1. The van der Waals surface area contributed by atoms with Gasteiger partial charge in [0.1, 0.15) is 6.10 Å². The van der Waals surface area contributed by atoms with Crippen molar-refractivity contribution in [3.63, 3.8) is 0 Å². The SMILES string of the molecule is Cn1cc(O[C@@H]2COC[C@@H]2NC2Cc3ccccc3C2)cn1. The predicted molar refractivity (Wildman–Crippen MR) is 83.0 cm³/mol. The van der Waals surface area contributed by atoms with Crippen LogP contribution in [0.2, 0.25) is 0 Å². The number of nitrogens with zero attached hydrogens (tertiary/aromatic N) is 2. The summed E-state index contributed by atoms with van der Waals surface area (Å²) in [6.07, 6.45) is 5.87. The van der Waals surface area contributed by atoms with Crippen LogP contribution in [0.15, 0.2) is 36.7 Å². The van der Waals surface area contributed by atoms with Crippen molar-refractivity contribution in [2.75, 3.05) is 13.2 Å². The molecule has 1 fully saturated rings. The monoisotopic (exact) mass is 299 g/mol. The van der Waals surface area contributed by atoms with Crippen LogP contribution in [-0.2, 0) is 24.6 Å². The first kappa shape index (κ1) is 13.8. The van der Waals surface area contributed by atoms with Crippen LogP contribution < -0.4 is 10.1 Å². The Morgan fingerprint density at radius 2 is 2.00 bits per heavy atom. The molecule has 1 aliphatic carbocycles. The normalized spacial score (nSPS) is 24.6. The van der Waals surface area contributed by atoms with Gasteiger partial charge in [0.2, 0.25) is 0 Å². The van der Waals surface area contributed by atoms with Gasteiger partial charge in [0.25, 0.3) is 0 Å². The molecule has 2 atom stereocenters. The first-order valence-electron chi connectivity index (χ1n) is 7.84. The second kappa shape index (κ2) is 5.74. The molecule has 1 N–H and O–H groups in total. The molecule has 5 heteroatoms. The summed E-state index contributed by atoms with van der Waals surface area (Å²) in [6.45, 7) is 1.34. The summed E-state index contributed by atoms with van der Waals surface area (Å²) in [7, 11) is 1.89. The lowest BCUT2D eigenvalue weighted by atomic mass is 10.1. The molecule has 22 heavy (non-hydrogen) atoms. The zero-order valence-electron chi connectivity index (χ0n) is 12.7. The van der Waals surface area contributed by atoms with Gasteiger partial charge in [-0.25, -0.2) is 0 Å². The molecule has 4 rings (SSSR count). The number of ether oxygens (including phenoxy) is 2. The van der Waals surface area contributed by atoms with Crippen LogP contribution in [0, 0.1) is 0 Å². The standard InChI is InChI=1S/C17H21N3O2/c1-20-9-15(8-18-20)22-17-11-21-10-16(17)19-14-6-12-4-2-3-5-13(12)7-14/h2-5,8-9,14,16-17,19H,6-7,10-11H2,1H3/t16-,17+/m0/s1. The minimum atomic E-state index is 0.0490. The lowest BCUT2D eigenvalue weighted by Gasteiger charge is -2.23. The summed E-state index contributed by atoms with van der Waals surface area (Å²) < 4.78 is 13.4. The summed E-state index contributed by atoms with van der Waals surface area (Å²) in [4.78, 5) is 0. The van der Waals surface area contributed by atoms with Crippen molar-refractivity contribution in [1.29, 1.82) is 0 Å². The lowest BCUT2D eigenvalue weighted by Crippen LogP contribution is -2.47. The summed E-state index contributed by atoms with van der Waals surface area (Å²) in [5, 5.41) is 7.87. The van der Waals surface area contributed by atoms with Crippen molar-refractivity contribution in [1.82, 2.24) is 15.1 Å². The number of aromatic nitrogens is 2. The minimum absolute atomic E-state index is 0.0490. The maximum absolute atomic E-state index is 6.03. The second-order valence-electron chi connectivity index (χ2n) is 6.19. The van der Waals surface area contributed by atoms with Gasteiger partial charge in [-0.15, -0.1) is 0 Å². The maximum Gasteiger partial charge on any atom is 0.157 e. The van der Waals surface area contributed by atoms with Crippen LogP contribution in [-0.4, -0.2) is 41.2 Å². The molecule has 0 spiro atoms. The Hall–Kier alpha value is -1.85. The average Bonchev–Trinajstić information content (AvgIpc) is 3.20. The molecule has 2 aliphatic rings. The van der Waals surface area contributed by atoms with Crippen LogP contribution in [0.4, 0.5) is 0 Å². The van der Waals surface area contributed by atoms with Gasteiger partial charge in [-0.1, -0.05) is 24.3 Å². The number of fused-ring (bicyclic) bond motifs is 1. The summed E-state index contributed by atoms with van der Waals surface area (Å²) in [6, 6.07) is 9.41. The summed E-state index contributed by atoms with van der Waals surface area (Å²) in [5.74, 6) is 0.805. The van der Waals surface area contributed by atoms with Crippen molar-refractivity contribution in [3.05, 3.63) is 47.8 Å². The molecule has 2 aromatic rings. The van der Waals surface area contributed by atoms with Crippen molar-refractivity contribution < 1.29 is 9.47 Å². The molecular formula is C17H21N3O2. The van der Waals surface area contributed by atoms with Crippen molar-refractivity contribution >= 4 is 0 Å². The Bertz CT molecular complexity index is 630. The third-order valence-corrected chi connectivity index (χ3v) is 4.50. The highest BCUT2D eigenvalue weighted by Gasteiger charge is 2.33. The van der Waals surface area contributed by atoms with E-state index < -0.39 is 0 Å². The van der Waals surface area contributed by atoms with E-state index in [-0.39, 0.29) is 12.1 Å². The third kappa shape index (κ3) is 2.74. The van der Waals surface area contributed by atoms with E-state index in [0.29, 0.717) is 19.3 Å². The van der Waals surface area contributed by atoms with E-state index in [2.05, 4.69) is 34.7 Å². The number of benzene rings is 1. The van der Waals surface area contributed by atoms with E-state index in [1.807, 2.05) is 13.2 Å². The van der Waals surface area contributed by atoms with Gasteiger partial charge >= 0.3 is 0 Å². The molecule has 1 aromatic carbocycles. The molecule has 116 valence electrons. The van der Waals surface area contributed by atoms with Gasteiger partial charge < -0.3 is 14.8 Å². The van der Waals surface area contributed by atoms with Crippen LogP contribution >= 0.6 is 0 Å². The van der Waals surface area contributed by atoms with E-state index >= 15 is 0 Å². The second-order valence-corrected chi connectivity index (χ2v) is 6.19. The first-order chi connectivity index (χ1) is 10.8. The van der Waals surface area contributed by atoms with Gasteiger partial charge in [0.05, 0.1) is 31.6 Å². The smallest absolute Gasteiger partial charge is 0.157 e. The molecule has 1 aliphatic heterocycles. The van der Waals surface area contributed by atoms with Crippen molar-refractivity contribution in [2.24, 2.45) is 7.05 Å². The Morgan fingerprint density at radius 1 is 1.23 bits per heavy atom. The summed E-state index contributed by atoms with van der Waals surface area (Å²) >= 11 is 0. The van der Waals surface area contributed by atoms with E-state index in [1.54, 1.807) is 10.9 Å². The number of aryl methyl sites for hydroxylation is 1. The van der Waals surface area contributed by atoms with Gasteiger partial charge in [-0.05, 0) is 24.0 Å². The van der Waals surface area contributed by atoms with Crippen LogP contribution in [0.1, 0.15) is 11.1 Å². The van der Waals surface area contributed by atoms with Gasteiger partial charge in [0.15, 0.2) is 5.75 Å². The predicted octanol–water partition coefficient (Wildman–Crippen LogP) is 1.32. The first-order valence-corrected chi connectivity index (χ1v) is 7.84. The highest BCUT2D eigenvalue weighted by Crippen LogP contribution is 2.23. The Morgan fingerprint density at radius 3 is 2.68 bits per heavy atom. The molecule has 0 bridgehead atoms. The van der Waals surface area contributed by atoms with E-state index in [9.17, 15) is 0 Å².